The summed E-state index contributed by atoms with van der Waals surface area (Å²) in [5.74, 6) is -1.07. The maximum atomic E-state index is 13.1. The quantitative estimate of drug-likeness (QED) is 0.377. The van der Waals surface area contributed by atoms with Crippen LogP contribution in [0.5, 0.6) is 0 Å². The first-order valence-corrected chi connectivity index (χ1v) is 16.3. The third kappa shape index (κ3) is 6.67. The molecule has 2 atom stereocenters. The molecule has 2 heterocycles. The molecule has 0 spiro atoms. The van der Waals surface area contributed by atoms with E-state index in [4.69, 9.17) is 14.6 Å². The van der Waals surface area contributed by atoms with Gasteiger partial charge in [-0.25, -0.2) is 22.0 Å². The van der Waals surface area contributed by atoms with Crippen molar-refractivity contribution < 1.29 is 35.9 Å². The van der Waals surface area contributed by atoms with Gasteiger partial charge in [0.25, 0.3) is 5.91 Å². The molecule has 2 unspecified atom stereocenters. The maximum absolute atomic E-state index is 13.1. The third-order valence-corrected chi connectivity index (χ3v) is 9.95. The number of thiazole rings is 1. The van der Waals surface area contributed by atoms with E-state index in [1.807, 2.05) is 13.8 Å². The Morgan fingerprint density at radius 3 is 2.27 bits per heavy atom. The van der Waals surface area contributed by atoms with Gasteiger partial charge in [0.05, 0.1) is 45.2 Å². The number of aryl methyl sites for hydroxylation is 1. The van der Waals surface area contributed by atoms with Crippen molar-refractivity contribution >= 4 is 53.5 Å². The van der Waals surface area contributed by atoms with Gasteiger partial charge >= 0.3 is 5.97 Å². The predicted octanol–water partition coefficient (Wildman–Crippen LogP) is 1.84. The molecule has 3 aromatic rings. The SMILES string of the molecule is CCOC(=O)CCn1c(=NC(=O)c2ccc(S(=O)(=O)N3CC(C)OC(C)C3)cc2)sc2cc(S(N)(=O)=O)ccc21. The van der Waals surface area contributed by atoms with Crippen LogP contribution in [0.15, 0.2) is 57.2 Å². The number of hydrogen-bond donors (Lipinski definition) is 1. The number of primary sulfonamides is 1. The number of amides is 1. The monoisotopic (exact) mass is 610 g/mol. The highest BCUT2D eigenvalue weighted by molar-refractivity contribution is 7.89. The molecule has 1 saturated heterocycles. The van der Waals surface area contributed by atoms with E-state index < -0.39 is 31.9 Å². The molecule has 2 N–H and O–H groups in total. The number of hydrogen-bond acceptors (Lipinski definition) is 9. The Hall–Kier alpha value is -2.95. The first-order chi connectivity index (χ1) is 18.8. The first-order valence-electron chi connectivity index (χ1n) is 12.5. The molecule has 15 heteroatoms. The van der Waals surface area contributed by atoms with E-state index in [0.29, 0.717) is 10.2 Å². The number of nitrogens with two attached hydrogens (primary N) is 1. The second-order valence-corrected chi connectivity index (χ2v) is 13.8. The lowest BCUT2D eigenvalue weighted by Crippen LogP contribution is -2.48. The standard InChI is InChI=1S/C25H30N4O8S3/c1-4-36-23(30)11-12-29-21-10-9-20(39(26,32)33)13-22(21)38-25(29)27-24(31)18-5-7-19(8-6-18)40(34,35)28-14-16(2)37-17(3)15-28/h5-10,13,16-17H,4,11-12,14-15H2,1-3H3,(H2,26,32,33). The molecule has 12 nitrogen and oxygen atoms in total. The van der Waals surface area contributed by atoms with Crippen LogP contribution in [0, 0.1) is 0 Å². The van der Waals surface area contributed by atoms with Gasteiger partial charge in [0.2, 0.25) is 20.0 Å². The van der Waals surface area contributed by atoms with Crippen LogP contribution in [-0.2, 0) is 40.9 Å². The summed E-state index contributed by atoms with van der Waals surface area (Å²) in [6.45, 7) is 6.12. The van der Waals surface area contributed by atoms with Crippen molar-refractivity contribution in [2.75, 3.05) is 19.7 Å². The van der Waals surface area contributed by atoms with Crippen LogP contribution in [0.1, 0.15) is 37.6 Å². The second-order valence-electron chi connectivity index (χ2n) is 9.29. The average Bonchev–Trinajstić information content (AvgIpc) is 3.22. The summed E-state index contributed by atoms with van der Waals surface area (Å²) in [5.41, 5.74) is 0.714. The molecule has 0 radical (unpaired) electrons. The molecule has 4 rings (SSSR count). The van der Waals surface area contributed by atoms with Gasteiger partial charge in [-0.05, 0) is 63.2 Å². The summed E-state index contributed by atoms with van der Waals surface area (Å²) in [6, 6.07) is 9.76. The lowest BCUT2D eigenvalue weighted by atomic mass is 10.2. The normalized spacial score (nSPS) is 19.1. The zero-order valence-corrected chi connectivity index (χ0v) is 24.6. The van der Waals surface area contributed by atoms with Crippen LogP contribution in [0.4, 0.5) is 0 Å². The Morgan fingerprint density at radius 1 is 1.05 bits per heavy atom. The van der Waals surface area contributed by atoms with Crippen molar-refractivity contribution in [1.29, 1.82) is 0 Å². The van der Waals surface area contributed by atoms with Crippen molar-refractivity contribution in [3.05, 3.63) is 52.8 Å². The Balaban J connectivity index is 1.67. The molecule has 0 aliphatic carbocycles. The lowest BCUT2D eigenvalue weighted by Gasteiger charge is -2.34. The minimum atomic E-state index is -3.96. The summed E-state index contributed by atoms with van der Waals surface area (Å²) >= 11 is 1.06. The number of nitrogens with zero attached hydrogens (tertiary/aromatic N) is 3. The van der Waals surface area contributed by atoms with E-state index in [-0.39, 0.29) is 65.0 Å². The van der Waals surface area contributed by atoms with E-state index in [1.54, 1.807) is 11.5 Å². The maximum Gasteiger partial charge on any atom is 0.307 e. The number of benzene rings is 2. The predicted molar refractivity (Wildman–Crippen MR) is 148 cm³/mol. The zero-order valence-electron chi connectivity index (χ0n) is 22.1. The number of aromatic nitrogens is 1. The van der Waals surface area contributed by atoms with E-state index in [9.17, 15) is 26.4 Å². The highest BCUT2D eigenvalue weighted by atomic mass is 32.2. The number of carbonyl (C=O) groups is 2. The molecule has 1 aliphatic heterocycles. The Morgan fingerprint density at radius 2 is 1.68 bits per heavy atom. The Bertz CT molecular complexity index is 1700. The number of fused-ring (bicyclic) bond motifs is 1. The summed E-state index contributed by atoms with van der Waals surface area (Å²) in [5, 5.41) is 5.26. The Kier molecular flexibility index (Phi) is 8.92. The molecule has 216 valence electrons. The zero-order chi connectivity index (χ0) is 29.2. The molecule has 2 aromatic carbocycles. The van der Waals surface area contributed by atoms with Gasteiger partial charge in [0.15, 0.2) is 4.80 Å². The van der Waals surface area contributed by atoms with Gasteiger partial charge in [-0.15, -0.1) is 0 Å². The van der Waals surface area contributed by atoms with Gasteiger partial charge in [-0.2, -0.15) is 9.30 Å². The molecule has 40 heavy (non-hydrogen) atoms. The van der Waals surface area contributed by atoms with Crippen LogP contribution in [-0.4, -0.2) is 69.5 Å². The molecule has 1 aromatic heterocycles. The fourth-order valence-corrected chi connectivity index (χ4v) is 7.66. The number of sulfonamides is 2. The number of carbonyl (C=O) groups excluding carboxylic acids is 2. The molecule has 0 saturated carbocycles. The first kappa shape index (κ1) is 30.0. The van der Waals surface area contributed by atoms with Crippen LogP contribution in [0.3, 0.4) is 0 Å². The van der Waals surface area contributed by atoms with Gasteiger partial charge in [0.1, 0.15) is 0 Å². The molecule has 1 amide bonds. The highest BCUT2D eigenvalue weighted by Gasteiger charge is 2.32. The van der Waals surface area contributed by atoms with Crippen LogP contribution < -0.4 is 9.94 Å². The summed E-state index contributed by atoms with van der Waals surface area (Å²) < 4.78 is 64.1. The van der Waals surface area contributed by atoms with Crippen molar-refractivity contribution in [1.82, 2.24) is 8.87 Å². The molecule has 1 aliphatic rings. The van der Waals surface area contributed by atoms with Crippen molar-refractivity contribution in [3.63, 3.8) is 0 Å². The van der Waals surface area contributed by atoms with Crippen molar-refractivity contribution in [2.45, 2.75) is 55.7 Å². The molecule has 0 bridgehead atoms. The van der Waals surface area contributed by atoms with Crippen molar-refractivity contribution in [2.24, 2.45) is 10.1 Å². The van der Waals surface area contributed by atoms with E-state index in [1.165, 1.54) is 46.8 Å². The Labute approximate surface area is 236 Å². The number of rotatable bonds is 8. The van der Waals surface area contributed by atoms with E-state index >= 15 is 0 Å². The fraction of sp³-hybridized carbons (Fsp3) is 0.400. The summed E-state index contributed by atoms with van der Waals surface area (Å²) in [6.07, 6.45) is -0.476. The number of ether oxygens (including phenoxy) is 2. The second kappa shape index (κ2) is 11.9. The van der Waals surface area contributed by atoms with Gasteiger partial charge < -0.3 is 14.0 Å². The lowest BCUT2D eigenvalue weighted by molar-refractivity contribution is -0.143. The number of morpholine rings is 1. The summed E-state index contributed by atoms with van der Waals surface area (Å²) in [4.78, 5) is 29.5. The highest BCUT2D eigenvalue weighted by Crippen LogP contribution is 2.23. The molecular formula is C25H30N4O8S3. The molecule has 1 fully saturated rings. The third-order valence-electron chi connectivity index (χ3n) is 6.15. The largest absolute Gasteiger partial charge is 0.466 e. The van der Waals surface area contributed by atoms with Crippen LogP contribution in [0.2, 0.25) is 0 Å². The van der Waals surface area contributed by atoms with E-state index in [2.05, 4.69) is 4.99 Å². The average molecular weight is 611 g/mol. The van der Waals surface area contributed by atoms with Crippen LogP contribution in [0.25, 0.3) is 10.2 Å². The molecular weight excluding hydrogens is 580 g/mol. The van der Waals surface area contributed by atoms with Gasteiger partial charge in [-0.3, -0.25) is 9.59 Å². The van der Waals surface area contributed by atoms with Gasteiger partial charge in [0, 0.05) is 25.2 Å². The van der Waals surface area contributed by atoms with E-state index in [0.717, 1.165) is 11.3 Å². The van der Waals surface area contributed by atoms with Crippen LogP contribution >= 0.6 is 11.3 Å². The number of esters is 1. The van der Waals surface area contributed by atoms with Crippen molar-refractivity contribution in [3.8, 4) is 0 Å². The minimum absolute atomic E-state index is 0.00329. The van der Waals surface area contributed by atoms with Gasteiger partial charge in [-0.1, -0.05) is 11.3 Å². The fourth-order valence-electron chi connectivity index (χ4n) is 4.37. The minimum Gasteiger partial charge on any atom is -0.466 e. The smallest absolute Gasteiger partial charge is 0.307 e. The summed E-state index contributed by atoms with van der Waals surface area (Å²) in [7, 11) is -7.74. The topological polar surface area (TPSA) is 167 Å².